The highest BCUT2D eigenvalue weighted by atomic mass is 16.5. The van der Waals surface area contributed by atoms with Gasteiger partial charge in [-0.1, -0.05) is 86.7 Å². The van der Waals surface area contributed by atoms with Crippen LogP contribution >= 0.6 is 0 Å². The summed E-state index contributed by atoms with van der Waals surface area (Å²) in [7, 11) is 0. The predicted molar refractivity (Wildman–Crippen MR) is 161 cm³/mol. The second kappa shape index (κ2) is 10.4. The van der Waals surface area contributed by atoms with E-state index in [0.29, 0.717) is 0 Å². The van der Waals surface area contributed by atoms with Gasteiger partial charge in [0.15, 0.2) is 0 Å². The summed E-state index contributed by atoms with van der Waals surface area (Å²) in [4.78, 5) is 0. The fourth-order valence-corrected chi connectivity index (χ4v) is 6.16. The van der Waals surface area contributed by atoms with Gasteiger partial charge in [0.05, 0.1) is 0 Å². The molecule has 0 N–H and O–H groups in total. The first-order valence-electron chi connectivity index (χ1n) is 14.3. The van der Waals surface area contributed by atoms with Gasteiger partial charge < -0.3 is 9.47 Å². The summed E-state index contributed by atoms with van der Waals surface area (Å²) in [6, 6.07) is 21.9. The highest BCUT2D eigenvalue weighted by Gasteiger charge is 2.33. The summed E-state index contributed by atoms with van der Waals surface area (Å²) < 4.78 is 13.0. The van der Waals surface area contributed by atoms with Crippen LogP contribution in [0.25, 0.3) is 0 Å². The van der Waals surface area contributed by atoms with Crippen molar-refractivity contribution in [2.24, 2.45) is 0 Å². The van der Waals surface area contributed by atoms with E-state index in [0.717, 1.165) is 50.0 Å². The lowest BCUT2D eigenvalue weighted by Gasteiger charge is -2.36. The Bertz CT molecular complexity index is 1490. The Kier molecular flexibility index (Phi) is 6.81. The van der Waals surface area contributed by atoms with Gasteiger partial charge >= 0.3 is 0 Å². The van der Waals surface area contributed by atoms with Crippen LogP contribution < -0.4 is 9.47 Å². The molecule has 6 rings (SSSR count). The Hall–Kier alpha value is -3.78. The predicted octanol–water partition coefficient (Wildman–Crippen LogP) is 8.94. The van der Waals surface area contributed by atoms with E-state index in [-0.39, 0.29) is 17.6 Å². The molecular weight excluding hydrogens is 476 g/mol. The molecule has 0 saturated heterocycles. The number of fused-ring (bicyclic) bond motifs is 2. The fourth-order valence-electron chi connectivity index (χ4n) is 6.16. The van der Waals surface area contributed by atoms with Crippen molar-refractivity contribution in [2.45, 2.75) is 70.0 Å². The molecule has 2 heteroatoms. The number of benzene rings is 3. The lowest BCUT2D eigenvalue weighted by Crippen LogP contribution is -2.32. The maximum Gasteiger partial charge on any atom is 0.128 e. The molecule has 2 atom stereocenters. The minimum Gasteiger partial charge on any atom is -0.485 e. The summed E-state index contributed by atoms with van der Waals surface area (Å²) in [5, 5.41) is 0. The van der Waals surface area contributed by atoms with Gasteiger partial charge in [0.25, 0.3) is 0 Å². The summed E-state index contributed by atoms with van der Waals surface area (Å²) in [6.45, 7) is 12.6. The number of rotatable bonds is 10. The first kappa shape index (κ1) is 25.5. The third kappa shape index (κ3) is 4.78. The van der Waals surface area contributed by atoms with Crippen LogP contribution in [0.3, 0.4) is 0 Å². The van der Waals surface area contributed by atoms with Crippen LogP contribution in [0.2, 0.25) is 0 Å². The molecule has 2 nitrogen and oxygen atoms in total. The Morgan fingerprint density at radius 2 is 1.38 bits per heavy atom. The number of hydrogen-bond acceptors (Lipinski definition) is 2. The van der Waals surface area contributed by atoms with Gasteiger partial charge in [-0.2, -0.15) is 0 Å². The molecule has 0 spiro atoms. The van der Waals surface area contributed by atoms with Gasteiger partial charge in [-0.3, -0.25) is 0 Å². The zero-order chi connectivity index (χ0) is 27.0. The topological polar surface area (TPSA) is 18.5 Å². The van der Waals surface area contributed by atoms with Crippen LogP contribution in [-0.4, -0.2) is 6.10 Å². The van der Waals surface area contributed by atoms with E-state index in [4.69, 9.17) is 9.47 Å². The molecule has 0 radical (unpaired) electrons. The molecule has 0 aliphatic heterocycles. The van der Waals surface area contributed by atoms with Gasteiger partial charge in [0.2, 0.25) is 0 Å². The van der Waals surface area contributed by atoms with Crippen LogP contribution in [0.1, 0.15) is 72.6 Å². The molecule has 1 saturated carbocycles. The van der Waals surface area contributed by atoms with Crippen molar-refractivity contribution in [3.8, 4) is 11.5 Å². The molecule has 0 heterocycles. The molecule has 0 bridgehead atoms. The van der Waals surface area contributed by atoms with Gasteiger partial charge in [-0.05, 0) is 82.3 Å². The van der Waals surface area contributed by atoms with E-state index < -0.39 is 0 Å². The van der Waals surface area contributed by atoms with Crippen LogP contribution in [0.5, 0.6) is 11.5 Å². The van der Waals surface area contributed by atoms with Crippen molar-refractivity contribution in [3.63, 3.8) is 0 Å². The molecule has 1 fully saturated rings. The zero-order valence-corrected chi connectivity index (χ0v) is 23.2. The Morgan fingerprint density at radius 1 is 0.769 bits per heavy atom. The first-order chi connectivity index (χ1) is 19.0. The van der Waals surface area contributed by atoms with Crippen LogP contribution in [-0.2, 0) is 24.7 Å². The highest BCUT2D eigenvalue weighted by molar-refractivity contribution is 5.51. The number of hydrogen-bond donors (Lipinski definition) is 0. The minimum absolute atomic E-state index is 0.129. The molecule has 3 aliphatic carbocycles. The molecule has 3 aromatic rings. The SMILES string of the molecule is C=CCc1cc(C(C)(C)c2ccc(OC3Cc4ccccc43)c(CC=C)c2)ccc1OC1CC2=CCCC=C21. The normalized spacial score (nSPS) is 19.3. The third-order valence-corrected chi connectivity index (χ3v) is 8.68. The molecule has 39 heavy (non-hydrogen) atoms. The monoisotopic (exact) mass is 514 g/mol. The van der Waals surface area contributed by atoms with Crippen molar-refractivity contribution < 1.29 is 9.47 Å². The minimum atomic E-state index is -0.190. The lowest BCUT2D eigenvalue weighted by atomic mass is 9.76. The number of ether oxygens (including phenoxy) is 2. The quantitative estimate of drug-likeness (QED) is 0.251. The van der Waals surface area contributed by atoms with E-state index >= 15 is 0 Å². The molecule has 0 amide bonds. The summed E-state index contributed by atoms with van der Waals surface area (Å²) in [6.07, 6.45) is 14.8. The van der Waals surface area contributed by atoms with E-state index in [9.17, 15) is 0 Å². The molecule has 198 valence electrons. The van der Waals surface area contributed by atoms with Crippen molar-refractivity contribution in [1.29, 1.82) is 0 Å². The summed E-state index contributed by atoms with van der Waals surface area (Å²) >= 11 is 0. The van der Waals surface area contributed by atoms with E-state index in [1.807, 2.05) is 12.2 Å². The fraction of sp³-hybridized carbons (Fsp3) is 0.297. The van der Waals surface area contributed by atoms with Crippen molar-refractivity contribution in [2.75, 3.05) is 0 Å². The van der Waals surface area contributed by atoms with Gasteiger partial charge in [-0.25, -0.2) is 0 Å². The smallest absolute Gasteiger partial charge is 0.128 e. The zero-order valence-electron chi connectivity index (χ0n) is 23.2. The molecule has 3 aromatic carbocycles. The van der Waals surface area contributed by atoms with Crippen molar-refractivity contribution >= 4 is 0 Å². The second-order valence-electron chi connectivity index (χ2n) is 11.5. The van der Waals surface area contributed by atoms with Crippen molar-refractivity contribution in [1.82, 2.24) is 0 Å². The Morgan fingerprint density at radius 3 is 2.00 bits per heavy atom. The molecule has 2 unspecified atom stereocenters. The molecule has 0 aromatic heterocycles. The number of allylic oxidation sites excluding steroid dienone is 4. The van der Waals surface area contributed by atoms with E-state index in [2.05, 4.69) is 99.8 Å². The maximum absolute atomic E-state index is 6.54. The first-order valence-corrected chi connectivity index (χ1v) is 14.3. The maximum atomic E-state index is 6.54. The van der Waals surface area contributed by atoms with Crippen LogP contribution in [0.4, 0.5) is 0 Å². The Balaban J connectivity index is 1.25. The van der Waals surface area contributed by atoms with Crippen LogP contribution in [0, 0.1) is 0 Å². The van der Waals surface area contributed by atoms with Gasteiger partial charge in [0, 0.05) is 18.3 Å². The third-order valence-electron chi connectivity index (χ3n) is 8.68. The van der Waals surface area contributed by atoms with Crippen molar-refractivity contribution in [3.05, 3.63) is 143 Å². The van der Waals surface area contributed by atoms with E-state index in [1.165, 1.54) is 44.5 Å². The largest absolute Gasteiger partial charge is 0.485 e. The highest BCUT2D eigenvalue weighted by Crippen LogP contribution is 2.43. The second-order valence-corrected chi connectivity index (χ2v) is 11.5. The summed E-state index contributed by atoms with van der Waals surface area (Å²) in [5.74, 6) is 1.93. The van der Waals surface area contributed by atoms with Gasteiger partial charge in [-0.15, -0.1) is 13.2 Å². The molecule has 3 aliphatic rings. The summed E-state index contributed by atoms with van der Waals surface area (Å²) in [5.41, 5.74) is 10.3. The average Bonchev–Trinajstić information content (AvgIpc) is 2.92. The standard InChI is InChI=1S/C37H38O2/c1-5-11-27-21-29(17-19-33(27)38-35-23-25-13-7-9-15-31(25)35)37(3,4)30-18-20-34(28(22-30)12-6-2)39-36-24-26-14-8-10-16-32(26)36/h5-7,9,13-22,35-36H,1-2,8,10-12,23-24H2,3-4H3. The van der Waals surface area contributed by atoms with Gasteiger partial charge in [0.1, 0.15) is 23.7 Å². The van der Waals surface area contributed by atoms with E-state index in [1.54, 1.807) is 0 Å². The Labute approximate surface area is 233 Å². The van der Waals surface area contributed by atoms with Crippen LogP contribution in [0.15, 0.2) is 109 Å². The lowest BCUT2D eigenvalue weighted by molar-refractivity contribution is 0.180. The molecular formula is C37H38O2. The average molecular weight is 515 g/mol.